The number of allylic oxidation sites excluding steroid dienone is 3. The Kier molecular flexibility index (Phi) is 6.05. The van der Waals surface area contributed by atoms with Crippen molar-refractivity contribution in [2.75, 3.05) is 52.7 Å². The highest BCUT2D eigenvalue weighted by atomic mass is 16.5. The molecule has 0 radical (unpaired) electrons. The fourth-order valence-corrected chi connectivity index (χ4v) is 27.4. The van der Waals surface area contributed by atoms with Crippen molar-refractivity contribution >= 4 is 0 Å². The molecule has 320 valence electrons. The van der Waals surface area contributed by atoms with Gasteiger partial charge in [-0.25, -0.2) is 0 Å². The van der Waals surface area contributed by atoms with Gasteiger partial charge in [-0.1, -0.05) is 41.0 Å². The van der Waals surface area contributed by atoms with E-state index in [0.717, 1.165) is 180 Å². The number of hydrogen-bond acceptors (Lipinski definition) is 4. The molecule has 14 fully saturated rings. The van der Waals surface area contributed by atoms with Crippen LogP contribution in [-0.4, -0.2) is 57.6 Å². The molecule has 0 amide bonds. The Morgan fingerprint density at radius 1 is 0.590 bits per heavy atom. The third kappa shape index (κ3) is 3.40. The minimum atomic E-state index is 0.433. The predicted molar refractivity (Wildman–Crippen MR) is 230 cm³/mol. The summed E-state index contributed by atoms with van der Waals surface area (Å²) in [6, 6.07) is 8.71. The lowest BCUT2D eigenvalue weighted by Gasteiger charge is -2.62. The van der Waals surface area contributed by atoms with E-state index in [1.54, 1.807) is 55.2 Å². The van der Waals surface area contributed by atoms with Crippen LogP contribution < -0.4 is 0 Å². The molecule has 0 bridgehead atoms. The molecule has 18 aliphatic rings. The normalized spacial score (nSPS) is 62.9. The maximum absolute atomic E-state index is 6.55. The van der Waals surface area contributed by atoms with E-state index in [-0.39, 0.29) is 0 Å². The average molecular weight is 816 g/mol. The van der Waals surface area contributed by atoms with Gasteiger partial charge < -0.3 is 14.2 Å². The van der Waals surface area contributed by atoms with Gasteiger partial charge in [0.2, 0.25) is 0 Å². The molecule has 1 aromatic rings. The number of likely N-dealkylation sites (tertiary alicyclic amines) is 1. The summed E-state index contributed by atoms with van der Waals surface area (Å²) in [7, 11) is 0. The van der Waals surface area contributed by atoms with Crippen LogP contribution in [0.1, 0.15) is 74.6 Å². The molecule has 29 atom stereocenters. The van der Waals surface area contributed by atoms with Crippen LogP contribution in [0.5, 0.6) is 0 Å². The maximum atomic E-state index is 6.55. The molecular weight excluding hydrogens is 747 g/mol. The number of aryl methyl sites for hydroxylation is 2. The van der Waals surface area contributed by atoms with Crippen molar-refractivity contribution in [3.05, 3.63) is 57.7 Å². The first-order valence-electron chi connectivity index (χ1n) is 27.2. The quantitative estimate of drug-likeness (QED) is 0.165. The Labute approximate surface area is 364 Å². The molecule has 4 nitrogen and oxygen atoms in total. The summed E-state index contributed by atoms with van der Waals surface area (Å²) in [5.74, 6) is 28.8. The average Bonchev–Trinajstić information content (AvgIpc) is 4.11. The molecule has 0 aromatic heterocycles. The zero-order chi connectivity index (χ0) is 38.7. The summed E-state index contributed by atoms with van der Waals surface area (Å²) in [5.41, 5.74) is 12.1. The second-order valence-electron chi connectivity index (χ2n) is 26.6. The molecule has 1 saturated heterocycles. The van der Waals surface area contributed by atoms with Crippen LogP contribution in [0, 0.1) is 165 Å². The van der Waals surface area contributed by atoms with Crippen molar-refractivity contribution in [2.45, 2.75) is 70.8 Å². The summed E-state index contributed by atoms with van der Waals surface area (Å²) in [5, 5.41) is 0. The highest BCUT2D eigenvalue weighted by molar-refractivity contribution is 5.51. The topological polar surface area (TPSA) is 30.9 Å². The van der Waals surface area contributed by atoms with Crippen LogP contribution in [0.2, 0.25) is 0 Å². The molecule has 17 aliphatic carbocycles. The second kappa shape index (κ2) is 10.9. The van der Waals surface area contributed by atoms with Crippen molar-refractivity contribution < 1.29 is 14.2 Å². The summed E-state index contributed by atoms with van der Waals surface area (Å²) < 4.78 is 18.0. The first-order chi connectivity index (χ1) is 30.2. The number of hydrogen-bond donors (Lipinski definition) is 0. The lowest BCUT2D eigenvalue weighted by atomic mass is 9.41. The second-order valence-corrected chi connectivity index (χ2v) is 26.6. The molecule has 13 saturated carbocycles. The summed E-state index contributed by atoms with van der Waals surface area (Å²) in [6.45, 7) is 8.86. The van der Waals surface area contributed by atoms with Crippen LogP contribution in [0.3, 0.4) is 0 Å². The first-order valence-corrected chi connectivity index (χ1v) is 27.2. The largest absolute Gasteiger partial charge is 0.379 e. The van der Waals surface area contributed by atoms with Crippen molar-refractivity contribution in [1.29, 1.82) is 0 Å². The molecule has 1 heterocycles. The van der Waals surface area contributed by atoms with Gasteiger partial charge in [-0.3, -0.25) is 4.90 Å². The zero-order valence-corrected chi connectivity index (χ0v) is 36.7. The molecule has 0 N–H and O–H groups in total. The van der Waals surface area contributed by atoms with Crippen LogP contribution in [0.15, 0.2) is 41.0 Å². The number of benzene rings is 1. The Balaban J connectivity index is 0.811. The van der Waals surface area contributed by atoms with Crippen LogP contribution in [0.4, 0.5) is 0 Å². The van der Waals surface area contributed by atoms with E-state index in [1.165, 1.54) is 25.8 Å². The number of fused-ring (bicyclic) bond motifs is 2. The first kappa shape index (κ1) is 33.9. The Hall–Kier alpha value is -1.46. The van der Waals surface area contributed by atoms with E-state index in [4.69, 9.17) is 14.2 Å². The fraction of sp³-hybridized carbons (Fsp3) is 0.825. The van der Waals surface area contributed by atoms with Crippen molar-refractivity contribution in [1.82, 2.24) is 4.90 Å². The lowest BCUT2D eigenvalue weighted by molar-refractivity contribution is -0.158. The van der Waals surface area contributed by atoms with Gasteiger partial charge in [0.15, 0.2) is 0 Å². The van der Waals surface area contributed by atoms with Crippen LogP contribution in [-0.2, 0) is 27.1 Å². The molecule has 61 heavy (non-hydrogen) atoms. The van der Waals surface area contributed by atoms with Gasteiger partial charge >= 0.3 is 0 Å². The van der Waals surface area contributed by atoms with Gasteiger partial charge in [-0.2, -0.15) is 0 Å². The molecule has 1 aromatic carbocycles. The predicted octanol–water partition coefficient (Wildman–Crippen LogP) is 9.01. The highest BCUT2D eigenvalue weighted by Gasteiger charge is 2.89. The zero-order valence-electron chi connectivity index (χ0n) is 36.7. The Morgan fingerprint density at radius 3 is 2.13 bits per heavy atom. The van der Waals surface area contributed by atoms with Gasteiger partial charge in [0.25, 0.3) is 0 Å². The fourth-order valence-electron chi connectivity index (χ4n) is 27.4. The van der Waals surface area contributed by atoms with E-state index in [1.807, 2.05) is 0 Å². The molecule has 29 unspecified atom stereocenters. The van der Waals surface area contributed by atoms with Gasteiger partial charge in [0.05, 0.1) is 33.0 Å². The minimum absolute atomic E-state index is 0.433. The Morgan fingerprint density at radius 2 is 1.26 bits per heavy atom. The maximum Gasteiger partial charge on any atom is 0.0701 e. The summed E-state index contributed by atoms with van der Waals surface area (Å²) >= 11 is 0. The number of nitrogens with zero attached hydrogens (tertiary/aromatic N) is 1. The van der Waals surface area contributed by atoms with Crippen molar-refractivity contribution in [3.63, 3.8) is 0 Å². The molecular formula is C57H69NO3. The summed E-state index contributed by atoms with van der Waals surface area (Å²) in [6.07, 6.45) is 17.0. The smallest absolute Gasteiger partial charge is 0.0701 e. The van der Waals surface area contributed by atoms with E-state index in [0.29, 0.717) is 37.9 Å². The van der Waals surface area contributed by atoms with E-state index >= 15 is 0 Å². The SMILES string of the molecule is CCOCCOCCOCCN1CC2C3=C4C5C6C(C3)CC3CC7=CC8CC9CC%10CC%11CC2(C2C4C4C5C5C(C7C7C8C9C8C%10C(C4C8C75)C%112)C36)C1c1ccc2c(c1)CC2. The molecule has 1 spiro atoms. The van der Waals surface area contributed by atoms with Gasteiger partial charge in [0.1, 0.15) is 0 Å². The van der Waals surface area contributed by atoms with Gasteiger partial charge in [0, 0.05) is 37.1 Å². The standard InChI is InChI=1S/C57H69NO3/c1-2-59-9-10-61-12-11-60-8-7-58-22-34-33-20-31-18-28-16-29-15-26-14-27-17-30-19-32-21-57(34,56(58)25-6-4-23-3-5-24(23)13-25)55-41(32)46-40(30)45-36(27)35(26)43-39(29)44-37(28)38(31)47-42(33)54(55)53-51(46)49(45)48(43)50(44)52(47)53/h4,6,13,15,26-28,30-32,34-41,43-56H,2-3,5,7-12,14,16-22H2,1H3. The number of rotatable bonds is 11. The van der Waals surface area contributed by atoms with Crippen molar-refractivity contribution in [2.24, 2.45) is 165 Å². The minimum Gasteiger partial charge on any atom is -0.379 e. The van der Waals surface area contributed by atoms with Gasteiger partial charge in [-0.15, -0.1) is 0 Å². The van der Waals surface area contributed by atoms with E-state index in [2.05, 4.69) is 52.8 Å². The highest BCUT2D eigenvalue weighted by Crippen LogP contribution is 2.93. The Bertz CT molecular complexity index is 2280. The number of ether oxygens (including phenoxy) is 3. The molecule has 4 heteroatoms. The van der Waals surface area contributed by atoms with Crippen LogP contribution >= 0.6 is 0 Å². The van der Waals surface area contributed by atoms with Gasteiger partial charge in [-0.05, 0) is 235 Å². The van der Waals surface area contributed by atoms with E-state index in [9.17, 15) is 0 Å². The third-order valence-electron chi connectivity index (χ3n) is 26.7. The third-order valence-corrected chi connectivity index (χ3v) is 26.7. The van der Waals surface area contributed by atoms with E-state index < -0.39 is 0 Å². The monoisotopic (exact) mass is 816 g/mol. The molecule has 19 rings (SSSR count). The molecule has 1 aliphatic heterocycles. The van der Waals surface area contributed by atoms with Crippen LogP contribution in [0.25, 0.3) is 0 Å². The van der Waals surface area contributed by atoms with Crippen molar-refractivity contribution in [3.8, 4) is 0 Å². The summed E-state index contributed by atoms with van der Waals surface area (Å²) in [4.78, 5) is 3.13. The lowest BCUT2D eigenvalue weighted by Crippen LogP contribution is -2.59.